The first-order valence-corrected chi connectivity index (χ1v) is 10.5. The Labute approximate surface area is 172 Å². The van der Waals surface area contributed by atoms with Crippen molar-refractivity contribution in [2.75, 3.05) is 43.4 Å². The second-order valence-corrected chi connectivity index (χ2v) is 8.31. The van der Waals surface area contributed by atoms with Crippen LogP contribution < -0.4 is 10.5 Å². The average molecular weight is 429 g/mol. The van der Waals surface area contributed by atoms with Gasteiger partial charge in [0.1, 0.15) is 0 Å². The van der Waals surface area contributed by atoms with Crippen LogP contribution in [0.4, 0.5) is 14.5 Å². The first-order valence-electron chi connectivity index (χ1n) is 9.16. The summed E-state index contributed by atoms with van der Waals surface area (Å²) in [5.74, 6) is -2.08. The SMILES string of the molecule is CC(F)(F)c1cc(N2CCN(CCCSc3nccc(=O)[nH]3)CC2)ccc1Cl. The molecule has 28 heavy (non-hydrogen) atoms. The average Bonchev–Trinajstić information content (AvgIpc) is 2.65. The van der Waals surface area contributed by atoms with Crippen molar-refractivity contribution in [3.05, 3.63) is 51.4 Å². The van der Waals surface area contributed by atoms with Gasteiger partial charge in [0.05, 0.1) is 0 Å². The Morgan fingerprint density at radius 3 is 2.68 bits per heavy atom. The minimum absolute atomic E-state index is 0.0987. The van der Waals surface area contributed by atoms with E-state index in [0.717, 1.165) is 57.5 Å². The van der Waals surface area contributed by atoms with Crippen LogP contribution in [0, 0.1) is 0 Å². The molecule has 3 rings (SSSR count). The normalized spacial score (nSPS) is 15.8. The Balaban J connectivity index is 1.45. The number of piperazine rings is 1. The van der Waals surface area contributed by atoms with Crippen molar-refractivity contribution >= 4 is 29.1 Å². The van der Waals surface area contributed by atoms with Crippen LogP contribution >= 0.6 is 23.4 Å². The fourth-order valence-corrected chi connectivity index (χ4v) is 4.22. The van der Waals surface area contributed by atoms with E-state index in [1.165, 1.54) is 30.1 Å². The van der Waals surface area contributed by atoms with E-state index >= 15 is 0 Å². The lowest BCUT2D eigenvalue weighted by Crippen LogP contribution is -2.46. The molecular weight excluding hydrogens is 406 g/mol. The summed E-state index contributed by atoms with van der Waals surface area (Å²) in [7, 11) is 0. The van der Waals surface area contributed by atoms with Crippen LogP contribution in [0.15, 0.2) is 40.4 Å². The van der Waals surface area contributed by atoms with E-state index in [4.69, 9.17) is 11.6 Å². The first kappa shape index (κ1) is 21.1. The first-order chi connectivity index (χ1) is 13.3. The summed E-state index contributed by atoms with van der Waals surface area (Å²) in [4.78, 5) is 22.6. The van der Waals surface area contributed by atoms with E-state index in [1.54, 1.807) is 12.1 Å². The summed E-state index contributed by atoms with van der Waals surface area (Å²) in [6, 6.07) is 6.25. The minimum atomic E-state index is -2.95. The molecule has 2 aromatic rings. The van der Waals surface area contributed by atoms with E-state index in [1.807, 2.05) is 0 Å². The molecule has 0 bridgehead atoms. The summed E-state index contributed by atoms with van der Waals surface area (Å²) in [6.45, 7) is 5.16. The Hall–Kier alpha value is -1.64. The Kier molecular flexibility index (Phi) is 6.95. The zero-order valence-electron chi connectivity index (χ0n) is 15.6. The second-order valence-electron chi connectivity index (χ2n) is 6.82. The van der Waals surface area contributed by atoms with Crippen molar-refractivity contribution < 1.29 is 8.78 Å². The third-order valence-corrected chi connectivity index (χ3v) is 5.97. The fraction of sp³-hybridized carbons (Fsp3) is 0.474. The van der Waals surface area contributed by atoms with Crippen LogP contribution in [0.2, 0.25) is 5.02 Å². The standard InChI is InChI=1S/C19H23ClF2N4OS/c1-19(21,22)15-13-14(3-4-16(15)20)26-10-8-25(9-11-26)7-2-12-28-18-23-6-5-17(27)24-18/h3-6,13H,2,7-12H2,1H3,(H,23,24,27). The van der Waals surface area contributed by atoms with Gasteiger partial charge in [-0.05, 0) is 31.2 Å². The van der Waals surface area contributed by atoms with E-state index in [0.29, 0.717) is 5.16 Å². The molecule has 0 atom stereocenters. The molecule has 9 heteroatoms. The Morgan fingerprint density at radius 2 is 2.00 bits per heavy atom. The molecule has 2 heterocycles. The van der Waals surface area contributed by atoms with Crippen LogP contribution in [0.3, 0.4) is 0 Å². The number of nitrogens with zero attached hydrogens (tertiary/aromatic N) is 3. The Bertz CT molecular complexity index is 850. The smallest absolute Gasteiger partial charge is 0.272 e. The maximum Gasteiger partial charge on any atom is 0.272 e. The van der Waals surface area contributed by atoms with Gasteiger partial charge in [-0.25, -0.2) is 13.8 Å². The summed E-state index contributed by atoms with van der Waals surface area (Å²) in [5.41, 5.74) is 0.522. The highest BCUT2D eigenvalue weighted by molar-refractivity contribution is 7.99. The number of rotatable bonds is 7. The maximum absolute atomic E-state index is 13.7. The summed E-state index contributed by atoms with van der Waals surface area (Å²) in [5, 5.41) is 0.741. The quantitative estimate of drug-likeness (QED) is 0.412. The number of benzene rings is 1. The number of aromatic amines is 1. The molecule has 0 radical (unpaired) electrons. The zero-order valence-corrected chi connectivity index (χ0v) is 17.2. The number of hydrogen-bond donors (Lipinski definition) is 1. The number of nitrogens with one attached hydrogen (secondary N) is 1. The highest BCUT2D eigenvalue weighted by atomic mass is 35.5. The molecule has 0 unspecified atom stereocenters. The number of halogens is 3. The predicted octanol–water partition coefficient (Wildman–Crippen LogP) is 3.84. The van der Waals surface area contributed by atoms with Gasteiger partial charge in [0.15, 0.2) is 5.16 Å². The van der Waals surface area contributed by atoms with E-state index < -0.39 is 5.92 Å². The molecule has 0 saturated carbocycles. The van der Waals surface area contributed by atoms with E-state index in [-0.39, 0.29) is 16.1 Å². The number of aromatic nitrogens is 2. The van der Waals surface area contributed by atoms with E-state index in [2.05, 4.69) is 19.8 Å². The highest BCUT2D eigenvalue weighted by Crippen LogP contribution is 2.35. The topological polar surface area (TPSA) is 52.2 Å². The number of thioether (sulfide) groups is 1. The van der Waals surface area contributed by atoms with Gasteiger partial charge < -0.3 is 9.88 Å². The summed E-state index contributed by atoms with van der Waals surface area (Å²) < 4.78 is 27.4. The van der Waals surface area contributed by atoms with Gasteiger partial charge >= 0.3 is 0 Å². The largest absolute Gasteiger partial charge is 0.369 e. The molecule has 5 nitrogen and oxygen atoms in total. The molecule has 0 amide bonds. The lowest BCUT2D eigenvalue weighted by molar-refractivity contribution is 0.0176. The molecule has 1 aliphatic heterocycles. The molecule has 0 spiro atoms. The Morgan fingerprint density at radius 1 is 1.25 bits per heavy atom. The molecule has 1 aromatic carbocycles. The van der Waals surface area contributed by atoms with Gasteiger partial charge in [0.2, 0.25) is 0 Å². The number of alkyl halides is 2. The van der Waals surface area contributed by atoms with Gasteiger partial charge in [-0.3, -0.25) is 9.69 Å². The zero-order chi connectivity index (χ0) is 20.1. The van der Waals surface area contributed by atoms with Gasteiger partial charge in [-0.2, -0.15) is 0 Å². The van der Waals surface area contributed by atoms with Crippen LogP contribution in [0.25, 0.3) is 0 Å². The molecule has 1 fully saturated rings. The summed E-state index contributed by atoms with van der Waals surface area (Å²) in [6.07, 6.45) is 2.49. The number of anilines is 1. The monoisotopic (exact) mass is 428 g/mol. The van der Waals surface area contributed by atoms with Crippen molar-refractivity contribution in [2.45, 2.75) is 24.4 Å². The minimum Gasteiger partial charge on any atom is -0.369 e. The molecule has 152 valence electrons. The van der Waals surface area contributed by atoms with Crippen LogP contribution in [0.5, 0.6) is 0 Å². The molecular formula is C19H23ClF2N4OS. The molecule has 1 saturated heterocycles. The molecule has 0 aliphatic carbocycles. The highest BCUT2D eigenvalue weighted by Gasteiger charge is 2.28. The lowest BCUT2D eigenvalue weighted by atomic mass is 10.1. The van der Waals surface area contributed by atoms with Crippen molar-refractivity contribution in [1.29, 1.82) is 0 Å². The van der Waals surface area contributed by atoms with Crippen molar-refractivity contribution in [3.8, 4) is 0 Å². The second kappa shape index (κ2) is 9.24. The summed E-state index contributed by atoms with van der Waals surface area (Å²) >= 11 is 7.47. The van der Waals surface area contributed by atoms with Gasteiger partial charge in [-0.15, -0.1) is 0 Å². The molecule has 1 N–H and O–H groups in total. The van der Waals surface area contributed by atoms with Crippen LogP contribution in [-0.4, -0.2) is 53.3 Å². The maximum atomic E-state index is 13.7. The van der Waals surface area contributed by atoms with Crippen LogP contribution in [0.1, 0.15) is 18.9 Å². The van der Waals surface area contributed by atoms with Gasteiger partial charge in [-0.1, -0.05) is 23.4 Å². The van der Waals surface area contributed by atoms with Crippen molar-refractivity contribution in [3.63, 3.8) is 0 Å². The molecule has 1 aliphatic rings. The molecule has 1 aromatic heterocycles. The lowest BCUT2D eigenvalue weighted by Gasteiger charge is -2.36. The van der Waals surface area contributed by atoms with Gasteiger partial charge in [0.25, 0.3) is 11.5 Å². The predicted molar refractivity (Wildman–Crippen MR) is 110 cm³/mol. The number of H-pyrrole nitrogens is 1. The van der Waals surface area contributed by atoms with E-state index in [9.17, 15) is 13.6 Å². The number of hydrogen-bond acceptors (Lipinski definition) is 5. The van der Waals surface area contributed by atoms with Crippen LogP contribution in [-0.2, 0) is 5.92 Å². The van der Waals surface area contributed by atoms with Crippen molar-refractivity contribution in [2.24, 2.45) is 0 Å². The van der Waals surface area contributed by atoms with Gasteiger partial charge in [0, 0.05) is 67.4 Å². The third-order valence-electron chi connectivity index (χ3n) is 4.67. The van der Waals surface area contributed by atoms with Crippen molar-refractivity contribution in [1.82, 2.24) is 14.9 Å². The third kappa shape index (κ3) is 5.68. The fourth-order valence-electron chi connectivity index (χ4n) is 3.16.